The molecule has 0 N–H and O–H groups in total. The average molecular weight is 252 g/mol. The third-order valence-electron chi connectivity index (χ3n) is 3.60. The van der Waals surface area contributed by atoms with Gasteiger partial charge in [-0.05, 0) is 39.5 Å². The molecule has 0 saturated heterocycles. The molecule has 0 heterocycles. The molecule has 0 bridgehead atoms. The lowest BCUT2D eigenvalue weighted by atomic mass is 9.76. The molecule has 0 spiro atoms. The summed E-state index contributed by atoms with van der Waals surface area (Å²) in [4.78, 5) is 23.8. The quantitative estimate of drug-likeness (QED) is 0.708. The molecule has 0 amide bonds. The first kappa shape index (κ1) is 14.9. The number of hydrogen-bond acceptors (Lipinski definition) is 3. The molecule has 1 aliphatic carbocycles. The van der Waals surface area contributed by atoms with Gasteiger partial charge in [0.25, 0.3) is 0 Å². The van der Waals surface area contributed by atoms with Crippen molar-refractivity contribution in [3.63, 3.8) is 0 Å². The molecular weight excluding hydrogens is 228 g/mol. The maximum absolute atomic E-state index is 12.0. The van der Waals surface area contributed by atoms with Gasteiger partial charge in [0.15, 0.2) is 5.78 Å². The highest BCUT2D eigenvalue weighted by molar-refractivity contribution is 6.00. The molecule has 3 nitrogen and oxygen atoms in total. The summed E-state index contributed by atoms with van der Waals surface area (Å²) >= 11 is 0. The van der Waals surface area contributed by atoms with Crippen molar-refractivity contribution in [2.75, 3.05) is 0 Å². The Morgan fingerprint density at radius 1 is 1.33 bits per heavy atom. The Bertz CT molecular complexity index is 385. The SMILES string of the molecule is CC1=C(CC(=O)OC(C)(C)C)C(=O)CC(C)C1C. The summed E-state index contributed by atoms with van der Waals surface area (Å²) in [6, 6.07) is 0. The third-order valence-corrected chi connectivity index (χ3v) is 3.60. The summed E-state index contributed by atoms with van der Waals surface area (Å²) in [5, 5.41) is 0. The van der Waals surface area contributed by atoms with E-state index < -0.39 is 5.60 Å². The van der Waals surface area contributed by atoms with E-state index in [4.69, 9.17) is 4.74 Å². The smallest absolute Gasteiger partial charge is 0.310 e. The van der Waals surface area contributed by atoms with E-state index in [1.54, 1.807) is 0 Å². The second-order valence-corrected chi connectivity index (χ2v) is 6.32. The molecule has 0 aromatic heterocycles. The third kappa shape index (κ3) is 3.69. The molecular formula is C15H24O3. The molecule has 1 aliphatic rings. The van der Waals surface area contributed by atoms with Crippen LogP contribution >= 0.6 is 0 Å². The lowest BCUT2D eigenvalue weighted by Gasteiger charge is -2.29. The van der Waals surface area contributed by atoms with Crippen LogP contribution in [-0.2, 0) is 14.3 Å². The zero-order valence-corrected chi connectivity index (χ0v) is 12.3. The summed E-state index contributed by atoms with van der Waals surface area (Å²) < 4.78 is 5.27. The Kier molecular flexibility index (Phi) is 4.36. The summed E-state index contributed by atoms with van der Waals surface area (Å²) in [6.45, 7) is 11.6. The number of rotatable bonds is 2. The van der Waals surface area contributed by atoms with Crippen molar-refractivity contribution in [3.8, 4) is 0 Å². The molecule has 0 aliphatic heterocycles. The van der Waals surface area contributed by atoms with Crippen LogP contribution in [0.2, 0.25) is 0 Å². The molecule has 2 unspecified atom stereocenters. The molecule has 0 aromatic rings. The van der Waals surface area contributed by atoms with E-state index in [9.17, 15) is 9.59 Å². The Morgan fingerprint density at radius 2 is 1.89 bits per heavy atom. The molecule has 2 atom stereocenters. The Labute approximate surface area is 110 Å². The van der Waals surface area contributed by atoms with Crippen molar-refractivity contribution in [3.05, 3.63) is 11.1 Å². The molecule has 0 aromatic carbocycles. The largest absolute Gasteiger partial charge is 0.460 e. The minimum absolute atomic E-state index is 0.101. The van der Waals surface area contributed by atoms with E-state index in [-0.39, 0.29) is 18.2 Å². The Hall–Kier alpha value is -1.12. The van der Waals surface area contributed by atoms with Gasteiger partial charge in [0.1, 0.15) is 5.60 Å². The summed E-state index contributed by atoms with van der Waals surface area (Å²) in [7, 11) is 0. The van der Waals surface area contributed by atoms with Crippen LogP contribution < -0.4 is 0 Å². The van der Waals surface area contributed by atoms with E-state index in [0.29, 0.717) is 23.8 Å². The summed E-state index contributed by atoms with van der Waals surface area (Å²) in [5.41, 5.74) is 1.21. The van der Waals surface area contributed by atoms with Gasteiger partial charge >= 0.3 is 5.97 Å². The summed E-state index contributed by atoms with van der Waals surface area (Å²) in [6.07, 6.45) is 0.648. The minimum Gasteiger partial charge on any atom is -0.460 e. The summed E-state index contributed by atoms with van der Waals surface area (Å²) in [5.74, 6) is 0.510. The van der Waals surface area contributed by atoms with Crippen LogP contribution in [-0.4, -0.2) is 17.4 Å². The predicted molar refractivity (Wildman–Crippen MR) is 71.1 cm³/mol. The number of ketones is 1. The highest BCUT2D eigenvalue weighted by Gasteiger charge is 2.30. The number of allylic oxidation sites excluding steroid dienone is 1. The van der Waals surface area contributed by atoms with E-state index in [2.05, 4.69) is 13.8 Å². The van der Waals surface area contributed by atoms with Gasteiger partial charge in [-0.1, -0.05) is 19.4 Å². The van der Waals surface area contributed by atoms with Gasteiger partial charge < -0.3 is 4.74 Å². The standard InChI is InChI=1S/C15H24O3/c1-9-7-13(16)12(11(3)10(9)2)8-14(17)18-15(4,5)6/h9-10H,7-8H2,1-6H3. The molecule has 3 heteroatoms. The zero-order valence-electron chi connectivity index (χ0n) is 12.3. The maximum Gasteiger partial charge on any atom is 0.310 e. The van der Waals surface area contributed by atoms with E-state index >= 15 is 0 Å². The number of carbonyl (C=O) groups is 2. The fourth-order valence-corrected chi connectivity index (χ4v) is 2.27. The van der Waals surface area contributed by atoms with Crippen LogP contribution in [0.3, 0.4) is 0 Å². The van der Waals surface area contributed by atoms with E-state index in [1.807, 2.05) is 27.7 Å². The van der Waals surface area contributed by atoms with Gasteiger partial charge in [-0.2, -0.15) is 0 Å². The van der Waals surface area contributed by atoms with Crippen LogP contribution in [0.25, 0.3) is 0 Å². The van der Waals surface area contributed by atoms with Crippen molar-refractivity contribution >= 4 is 11.8 Å². The first-order valence-corrected chi connectivity index (χ1v) is 6.56. The van der Waals surface area contributed by atoms with Crippen LogP contribution in [0.1, 0.15) is 54.4 Å². The maximum atomic E-state index is 12.0. The first-order chi connectivity index (χ1) is 8.11. The fourth-order valence-electron chi connectivity index (χ4n) is 2.27. The van der Waals surface area contributed by atoms with Gasteiger partial charge in [-0.3, -0.25) is 9.59 Å². The number of esters is 1. The van der Waals surface area contributed by atoms with Crippen molar-refractivity contribution in [2.45, 2.75) is 60.0 Å². The molecule has 1 rings (SSSR count). The monoisotopic (exact) mass is 252 g/mol. The van der Waals surface area contributed by atoms with Crippen LogP contribution in [0.15, 0.2) is 11.1 Å². The van der Waals surface area contributed by atoms with Crippen molar-refractivity contribution < 1.29 is 14.3 Å². The van der Waals surface area contributed by atoms with E-state index in [0.717, 1.165) is 5.57 Å². The minimum atomic E-state index is -0.498. The first-order valence-electron chi connectivity index (χ1n) is 6.56. The highest BCUT2D eigenvalue weighted by Crippen LogP contribution is 2.33. The molecule has 18 heavy (non-hydrogen) atoms. The lowest BCUT2D eigenvalue weighted by Crippen LogP contribution is -2.28. The second kappa shape index (κ2) is 5.25. The lowest BCUT2D eigenvalue weighted by molar-refractivity contribution is -0.154. The number of hydrogen-bond donors (Lipinski definition) is 0. The fraction of sp³-hybridized carbons (Fsp3) is 0.733. The van der Waals surface area contributed by atoms with E-state index in [1.165, 1.54) is 0 Å². The van der Waals surface area contributed by atoms with Crippen molar-refractivity contribution in [1.29, 1.82) is 0 Å². The van der Waals surface area contributed by atoms with Gasteiger partial charge in [0.2, 0.25) is 0 Å². The normalized spacial score (nSPS) is 25.3. The van der Waals surface area contributed by atoms with Crippen LogP contribution in [0, 0.1) is 11.8 Å². The Balaban J connectivity index is 2.82. The van der Waals surface area contributed by atoms with Gasteiger partial charge in [0, 0.05) is 12.0 Å². The topological polar surface area (TPSA) is 43.4 Å². The number of carbonyl (C=O) groups excluding carboxylic acids is 2. The van der Waals surface area contributed by atoms with Gasteiger partial charge in [-0.15, -0.1) is 0 Å². The molecule has 102 valence electrons. The Morgan fingerprint density at radius 3 is 2.39 bits per heavy atom. The van der Waals surface area contributed by atoms with Crippen LogP contribution in [0.4, 0.5) is 0 Å². The predicted octanol–water partition coefficient (Wildman–Crippen LogP) is 3.28. The molecule has 0 radical (unpaired) electrons. The van der Waals surface area contributed by atoms with Gasteiger partial charge in [0.05, 0.1) is 6.42 Å². The van der Waals surface area contributed by atoms with Crippen LogP contribution in [0.5, 0.6) is 0 Å². The molecule has 0 saturated carbocycles. The van der Waals surface area contributed by atoms with Gasteiger partial charge in [-0.25, -0.2) is 0 Å². The number of ether oxygens (including phenoxy) is 1. The zero-order chi connectivity index (χ0) is 14.1. The average Bonchev–Trinajstić information content (AvgIpc) is 2.19. The van der Waals surface area contributed by atoms with Crippen molar-refractivity contribution in [1.82, 2.24) is 0 Å². The number of Topliss-reactive ketones (excluding diaryl/α,β-unsaturated/α-hetero) is 1. The second-order valence-electron chi connectivity index (χ2n) is 6.32. The highest BCUT2D eigenvalue weighted by atomic mass is 16.6. The molecule has 0 fully saturated rings. The van der Waals surface area contributed by atoms with Crippen molar-refractivity contribution in [2.24, 2.45) is 11.8 Å².